The van der Waals surface area contributed by atoms with Crippen LogP contribution in [0.3, 0.4) is 0 Å². The summed E-state index contributed by atoms with van der Waals surface area (Å²) >= 11 is 0. The smallest absolute Gasteiger partial charge is 0.473 e. The Morgan fingerprint density at radius 1 is 0.400 bits per heavy atom. The zero-order valence-corrected chi connectivity index (χ0v) is 52.9. The number of hydrogen-bond acceptors (Lipinski definition) is 18. The van der Waals surface area contributed by atoms with Crippen LogP contribution in [-0.2, 0) is 46.4 Å². The number of rotatable bonds is 12. The number of hydrogen-bond donors (Lipinski definition) is 2. The van der Waals surface area contributed by atoms with Gasteiger partial charge in [0.2, 0.25) is 23.6 Å². The van der Waals surface area contributed by atoms with Gasteiger partial charge in [0, 0.05) is 74.1 Å². The van der Waals surface area contributed by atoms with E-state index >= 15 is 0 Å². The van der Waals surface area contributed by atoms with Crippen LogP contribution in [-0.4, -0.2) is 126 Å². The highest BCUT2D eigenvalue weighted by atomic mass is 31.2. The van der Waals surface area contributed by atoms with E-state index in [0.717, 1.165) is 0 Å². The van der Waals surface area contributed by atoms with Crippen molar-refractivity contribution in [2.24, 2.45) is 0 Å². The molecule has 0 saturated carbocycles. The van der Waals surface area contributed by atoms with E-state index in [0.29, 0.717) is 145 Å². The van der Waals surface area contributed by atoms with Crippen LogP contribution in [0.5, 0.6) is 23.0 Å². The van der Waals surface area contributed by atoms with E-state index in [4.69, 9.17) is 37.0 Å². The van der Waals surface area contributed by atoms with Crippen LogP contribution in [0.4, 0.5) is 0 Å². The van der Waals surface area contributed by atoms with E-state index in [9.17, 15) is 59.1 Å². The van der Waals surface area contributed by atoms with Gasteiger partial charge >= 0.3 is 15.6 Å². The van der Waals surface area contributed by atoms with Crippen LogP contribution in [0.2, 0.25) is 0 Å². The van der Waals surface area contributed by atoms with Gasteiger partial charge in [0.1, 0.15) is 69.8 Å². The van der Waals surface area contributed by atoms with Crippen molar-refractivity contribution in [1.29, 1.82) is 21.0 Å². The Morgan fingerprint density at radius 2 is 0.600 bits per heavy atom. The van der Waals surface area contributed by atoms with Crippen molar-refractivity contribution < 1.29 is 75.1 Å². The third kappa shape index (κ3) is 12.0. The van der Waals surface area contributed by atoms with E-state index in [1.54, 1.807) is 148 Å². The summed E-state index contributed by atoms with van der Waals surface area (Å²) in [5, 5.41) is 38.4. The lowest BCUT2D eigenvalue weighted by atomic mass is 9.85. The van der Waals surface area contributed by atoms with E-state index < -0.39 is 86.6 Å². The van der Waals surface area contributed by atoms with Crippen molar-refractivity contribution in [2.75, 3.05) is 26.2 Å². The first-order valence-corrected chi connectivity index (χ1v) is 33.0. The predicted octanol–water partition coefficient (Wildman–Crippen LogP) is 9.34. The summed E-state index contributed by atoms with van der Waals surface area (Å²) in [6.45, 7) is 15.2. The highest BCUT2D eigenvalue weighted by Crippen LogP contribution is 2.60. The molecule has 8 heterocycles. The second kappa shape index (κ2) is 23.7. The molecule has 0 radical (unpaired) electrons. The Bertz CT molecular complexity index is 3400. The molecule has 2 N–H and O–H groups in total. The molecule has 0 aromatic heterocycles. The molecule has 8 aliphatic rings. The Kier molecular flexibility index (Phi) is 16.8. The Hall–Kier alpha value is -7.86. The van der Waals surface area contributed by atoms with Gasteiger partial charge in [-0.25, -0.2) is 9.13 Å². The average molecular weight is 1270 g/mol. The maximum atomic E-state index is 14.2. The van der Waals surface area contributed by atoms with Crippen molar-refractivity contribution in [3.63, 3.8) is 0 Å². The Balaban J connectivity index is 0.000000185. The van der Waals surface area contributed by atoms with Gasteiger partial charge in [-0.1, -0.05) is 0 Å². The number of ether oxygens (including phenoxy) is 4. The lowest BCUT2D eigenvalue weighted by Gasteiger charge is -2.49. The van der Waals surface area contributed by atoms with Crippen molar-refractivity contribution in [3.05, 3.63) is 117 Å². The van der Waals surface area contributed by atoms with Crippen molar-refractivity contribution >= 4 is 39.3 Å². The molecule has 24 nitrogen and oxygen atoms in total. The van der Waals surface area contributed by atoms with Gasteiger partial charge in [-0.3, -0.25) is 37.3 Å². The first kappa shape index (κ1) is 63.7. The second-order valence-corrected chi connectivity index (χ2v) is 28.6. The summed E-state index contributed by atoms with van der Waals surface area (Å²) in [5.41, 5.74) is -1.53. The van der Waals surface area contributed by atoms with Crippen molar-refractivity contribution in [2.45, 2.75) is 178 Å². The minimum Gasteiger partial charge on any atom is -0.485 e. The number of benzene rings is 4. The Labute approximate surface area is 521 Å². The number of carbonyl (C=O) groups excluding carboxylic acids is 4. The van der Waals surface area contributed by atoms with Crippen molar-refractivity contribution in [3.8, 4) is 47.3 Å². The summed E-state index contributed by atoms with van der Waals surface area (Å²) < 4.78 is 77.5. The number of likely N-dealkylation sites (tertiary alicyclic amines) is 4. The zero-order valence-electron chi connectivity index (χ0n) is 51.1. The molecule has 4 aromatic carbocycles. The van der Waals surface area contributed by atoms with E-state index in [2.05, 4.69) is 24.3 Å². The lowest BCUT2D eigenvalue weighted by Crippen LogP contribution is -2.56. The zero-order chi connectivity index (χ0) is 64.6. The third-order valence-corrected chi connectivity index (χ3v) is 20.0. The molecule has 0 spiro atoms. The standard InChI is InChI=1S/2C32H35N4O8P/c2*1-31(2)29(27(35-13-5-7-25(35)37)21-15-19(17-33)9-11-23(21)41-31)43-45(39,40)44-30-28(36-14-6-8-26(36)38)22-16-20(18-34)10-12-24(22)42-32(30,3)4/h2*9-12,15-16,27-30H,5-8,13-14H2,1-4H3,(H,39,40)/t27-,28?,29-,30-;27-,28-,29-,30-/m01/s1. The molecule has 4 saturated heterocycles. The van der Waals surface area contributed by atoms with Gasteiger partial charge < -0.3 is 48.3 Å². The molecular weight excluding hydrogens is 1200 g/mol. The normalized spacial score (nSPS) is 27.3. The van der Waals surface area contributed by atoms with Gasteiger partial charge in [0.05, 0.1) is 70.7 Å². The van der Waals surface area contributed by atoms with Gasteiger partial charge in [0.25, 0.3) is 0 Å². The third-order valence-electron chi connectivity index (χ3n) is 18.0. The topological polar surface area (TPSA) is 325 Å². The summed E-state index contributed by atoms with van der Waals surface area (Å²) in [6, 6.07) is 24.5. The number of nitrogens with zero attached hydrogens (tertiary/aromatic N) is 8. The summed E-state index contributed by atoms with van der Waals surface area (Å²) in [4.78, 5) is 81.8. The number of nitriles is 4. The van der Waals surface area contributed by atoms with Crippen LogP contribution in [0.1, 0.15) is 175 Å². The number of amides is 4. The number of carbonyl (C=O) groups is 4. The van der Waals surface area contributed by atoms with E-state index in [1.807, 2.05) is 0 Å². The molecule has 4 fully saturated rings. The first-order valence-electron chi connectivity index (χ1n) is 30.0. The molecular formula is C64H70N8O16P2. The SMILES string of the molecule is CC1(C)Oc2ccc(C#N)cc2C(N2CCCC2=O)[C@@H]1OP(=O)(O)O[C@H]1[C@@H](N2CCCC2=O)c2cc(C#N)ccc2OC1(C)C.CC1(C)Oc2ccc(C#N)cc2[C@@H](N2CCCC2=O)[C@H]1OP(=O)(O)O[C@@H]1[C@H](N2CCCC2=O)c2cc(C#N)ccc2OC1(C)C. The maximum Gasteiger partial charge on any atom is 0.473 e. The van der Waals surface area contributed by atoms with Gasteiger partial charge in [-0.05, 0) is 154 Å². The number of fused-ring (bicyclic) bond motifs is 4. The highest BCUT2D eigenvalue weighted by Gasteiger charge is 2.59. The molecule has 4 amide bonds. The second-order valence-electron chi connectivity index (χ2n) is 25.9. The average Bonchev–Trinajstić information content (AvgIpc) is 1.00. The minimum atomic E-state index is -5.01. The Morgan fingerprint density at radius 3 is 0.767 bits per heavy atom. The van der Waals surface area contributed by atoms with E-state index in [-0.39, 0.29) is 23.6 Å². The molecule has 0 bridgehead atoms. The minimum absolute atomic E-state index is 0.146. The molecule has 0 aliphatic carbocycles. The summed E-state index contributed by atoms with van der Waals surface area (Å²) in [5.74, 6) is 1.18. The maximum absolute atomic E-state index is 14.2. The summed E-state index contributed by atoms with van der Waals surface area (Å²) in [7, 11) is -10.0. The molecule has 4 aromatic rings. The monoisotopic (exact) mass is 1270 g/mol. The van der Waals surface area contributed by atoms with Crippen LogP contribution in [0.25, 0.3) is 0 Å². The van der Waals surface area contributed by atoms with Crippen LogP contribution >= 0.6 is 15.6 Å². The molecule has 90 heavy (non-hydrogen) atoms. The highest BCUT2D eigenvalue weighted by molar-refractivity contribution is 7.47. The molecule has 26 heteroatoms. The van der Waals surface area contributed by atoms with Crippen LogP contribution in [0, 0.1) is 45.3 Å². The predicted molar refractivity (Wildman–Crippen MR) is 317 cm³/mol. The van der Waals surface area contributed by atoms with Crippen molar-refractivity contribution in [1.82, 2.24) is 19.6 Å². The quantitative estimate of drug-likeness (QED) is 0.125. The fourth-order valence-corrected chi connectivity index (χ4v) is 16.6. The summed E-state index contributed by atoms with van der Waals surface area (Å²) in [6.07, 6.45) is -1.07. The van der Waals surface area contributed by atoms with Gasteiger partial charge in [-0.15, -0.1) is 0 Å². The fraction of sp³-hybridized carbons (Fsp3) is 0.500. The fourth-order valence-electron chi connectivity index (χ4n) is 13.8. The van der Waals surface area contributed by atoms with Crippen LogP contribution in [0.15, 0.2) is 72.8 Å². The first-order chi connectivity index (χ1) is 42.5. The molecule has 2 unspecified atom stereocenters. The molecule has 9 atom stereocenters. The molecule has 8 aliphatic heterocycles. The largest absolute Gasteiger partial charge is 0.485 e. The number of phosphoric ester groups is 2. The molecule has 12 rings (SSSR count). The van der Waals surface area contributed by atoms with Gasteiger partial charge in [0.15, 0.2) is 0 Å². The van der Waals surface area contributed by atoms with Crippen LogP contribution < -0.4 is 18.9 Å². The molecule has 472 valence electrons. The van der Waals surface area contributed by atoms with Gasteiger partial charge in [-0.2, -0.15) is 21.0 Å². The number of phosphoric acid groups is 2. The van der Waals surface area contributed by atoms with E-state index in [1.165, 1.54) is 0 Å². The lowest BCUT2D eigenvalue weighted by molar-refractivity contribution is -0.145.